The van der Waals surface area contributed by atoms with Crippen molar-refractivity contribution in [3.63, 3.8) is 0 Å². The molecule has 0 unspecified atom stereocenters. The molecule has 0 N–H and O–H groups in total. The van der Waals surface area contributed by atoms with Gasteiger partial charge in [-0.15, -0.1) is 0 Å². The van der Waals surface area contributed by atoms with Gasteiger partial charge in [-0.25, -0.2) is 0 Å². The smallest absolute Gasteiger partial charge is 0.313 e. The minimum atomic E-state index is -0.313. The van der Waals surface area contributed by atoms with Gasteiger partial charge >= 0.3 is 5.97 Å². The zero-order chi connectivity index (χ0) is 20.8. The standard InChI is InChI=1S/C25H30O4/c1-15(16-6-7-18-13-20(27-5)10-8-17(18)12-16)24(26)28-22-14-19-9-11-21(22)23(19)29-25(2,3)4/h6-13,15,19,21-23H,14H2,1-5H3/t15-,19-,21+,22-,23-/m0/s1. The van der Waals surface area contributed by atoms with Gasteiger partial charge < -0.3 is 14.2 Å². The van der Waals surface area contributed by atoms with E-state index >= 15 is 0 Å². The van der Waals surface area contributed by atoms with E-state index in [1.165, 1.54) is 0 Å². The Morgan fingerprint density at radius 3 is 2.52 bits per heavy atom. The number of methoxy groups -OCH3 is 1. The Balaban J connectivity index is 1.45. The molecule has 154 valence electrons. The first kappa shape index (κ1) is 20.0. The maximum Gasteiger partial charge on any atom is 0.313 e. The quantitative estimate of drug-likeness (QED) is 0.513. The number of carbonyl (C=O) groups is 1. The van der Waals surface area contributed by atoms with Crippen LogP contribution in [-0.2, 0) is 14.3 Å². The van der Waals surface area contributed by atoms with E-state index in [1.54, 1.807) is 7.11 Å². The minimum Gasteiger partial charge on any atom is -0.497 e. The summed E-state index contributed by atoms with van der Waals surface area (Å²) in [7, 11) is 1.66. The van der Waals surface area contributed by atoms with E-state index in [9.17, 15) is 4.79 Å². The van der Waals surface area contributed by atoms with Crippen molar-refractivity contribution >= 4 is 16.7 Å². The highest BCUT2D eigenvalue weighted by atomic mass is 16.6. The molecule has 0 spiro atoms. The van der Waals surface area contributed by atoms with E-state index < -0.39 is 0 Å². The summed E-state index contributed by atoms with van der Waals surface area (Å²) in [6, 6.07) is 12.0. The predicted octanol–water partition coefficient (Wildman–Crippen LogP) is 5.25. The van der Waals surface area contributed by atoms with E-state index in [1.807, 2.05) is 37.3 Å². The highest BCUT2D eigenvalue weighted by molar-refractivity contribution is 5.86. The fraction of sp³-hybridized carbons (Fsp3) is 0.480. The Hall–Kier alpha value is -2.33. The van der Waals surface area contributed by atoms with Gasteiger partial charge in [-0.05, 0) is 62.6 Å². The molecular weight excluding hydrogens is 364 g/mol. The molecule has 0 aliphatic heterocycles. The summed E-state index contributed by atoms with van der Waals surface area (Å²) in [4.78, 5) is 12.9. The van der Waals surface area contributed by atoms with Gasteiger partial charge in [0.05, 0.1) is 24.7 Å². The molecule has 2 aliphatic rings. The lowest BCUT2D eigenvalue weighted by Gasteiger charge is -2.28. The van der Waals surface area contributed by atoms with Crippen molar-refractivity contribution in [1.82, 2.24) is 0 Å². The first-order valence-corrected chi connectivity index (χ1v) is 10.4. The van der Waals surface area contributed by atoms with Gasteiger partial charge in [-0.3, -0.25) is 4.79 Å². The van der Waals surface area contributed by atoms with Crippen LogP contribution in [0.3, 0.4) is 0 Å². The Bertz CT molecular complexity index is 939. The Morgan fingerprint density at radius 2 is 1.79 bits per heavy atom. The molecule has 2 aromatic carbocycles. The summed E-state index contributed by atoms with van der Waals surface area (Å²) in [5.41, 5.74) is 0.765. The van der Waals surface area contributed by atoms with Gasteiger partial charge in [0.1, 0.15) is 11.9 Å². The van der Waals surface area contributed by atoms with E-state index in [-0.39, 0.29) is 35.6 Å². The second-order valence-corrected chi connectivity index (χ2v) is 9.23. The van der Waals surface area contributed by atoms with Crippen LogP contribution in [0.2, 0.25) is 0 Å². The van der Waals surface area contributed by atoms with Gasteiger partial charge in [-0.1, -0.05) is 36.4 Å². The van der Waals surface area contributed by atoms with Gasteiger partial charge in [0, 0.05) is 11.8 Å². The molecule has 4 heteroatoms. The molecule has 0 heterocycles. The van der Waals surface area contributed by atoms with Crippen molar-refractivity contribution in [2.24, 2.45) is 11.8 Å². The summed E-state index contributed by atoms with van der Waals surface area (Å²) in [6.45, 7) is 8.13. The molecule has 0 aromatic heterocycles. The number of ether oxygens (including phenoxy) is 3. The molecule has 0 amide bonds. The number of hydrogen-bond acceptors (Lipinski definition) is 4. The van der Waals surface area contributed by atoms with E-state index in [0.717, 1.165) is 28.5 Å². The molecule has 0 radical (unpaired) electrons. The van der Waals surface area contributed by atoms with Gasteiger partial charge in [0.2, 0.25) is 0 Å². The fourth-order valence-corrected chi connectivity index (χ4v) is 4.48. The second-order valence-electron chi connectivity index (χ2n) is 9.23. The molecule has 4 rings (SSSR count). The van der Waals surface area contributed by atoms with Crippen LogP contribution < -0.4 is 4.74 Å². The maximum atomic E-state index is 12.9. The molecule has 5 atom stereocenters. The van der Waals surface area contributed by atoms with Crippen LogP contribution in [0, 0.1) is 11.8 Å². The second kappa shape index (κ2) is 7.49. The average Bonchev–Trinajstić information content (AvgIpc) is 3.20. The fourth-order valence-electron chi connectivity index (χ4n) is 4.48. The van der Waals surface area contributed by atoms with Crippen molar-refractivity contribution in [1.29, 1.82) is 0 Å². The Labute approximate surface area is 172 Å². The van der Waals surface area contributed by atoms with Crippen molar-refractivity contribution in [3.8, 4) is 5.75 Å². The molecule has 2 bridgehead atoms. The third-order valence-corrected chi connectivity index (χ3v) is 6.00. The normalized spacial score (nSPS) is 26.7. The molecule has 1 saturated carbocycles. The lowest BCUT2D eigenvalue weighted by molar-refractivity contribution is -0.153. The lowest BCUT2D eigenvalue weighted by Crippen LogP contribution is -2.33. The highest BCUT2D eigenvalue weighted by Crippen LogP contribution is 2.45. The SMILES string of the molecule is COc1ccc2cc([C@H](C)C(=O)O[C@H]3C[C@@H]4C=C[C@H]3[C@H]4OC(C)(C)C)ccc2c1. The summed E-state index contributed by atoms with van der Waals surface area (Å²) >= 11 is 0. The topological polar surface area (TPSA) is 44.8 Å². The summed E-state index contributed by atoms with van der Waals surface area (Å²) in [5, 5.41) is 2.18. The predicted molar refractivity (Wildman–Crippen MR) is 114 cm³/mol. The number of fused-ring (bicyclic) bond motifs is 3. The molecular formula is C25H30O4. The molecule has 0 saturated heterocycles. The van der Waals surface area contributed by atoms with E-state index in [2.05, 4.69) is 39.0 Å². The first-order valence-electron chi connectivity index (χ1n) is 10.4. The zero-order valence-corrected chi connectivity index (χ0v) is 17.8. The van der Waals surface area contributed by atoms with Crippen LogP contribution in [0.15, 0.2) is 48.6 Å². The largest absolute Gasteiger partial charge is 0.497 e. The van der Waals surface area contributed by atoms with Crippen molar-refractivity contribution < 1.29 is 19.0 Å². The third kappa shape index (κ3) is 4.04. The van der Waals surface area contributed by atoms with Gasteiger partial charge in [-0.2, -0.15) is 0 Å². The summed E-state index contributed by atoms with van der Waals surface area (Å²) in [6.07, 6.45) is 5.23. The number of rotatable bonds is 5. The van der Waals surface area contributed by atoms with Gasteiger partial charge in [0.25, 0.3) is 0 Å². The van der Waals surface area contributed by atoms with Crippen LogP contribution in [0.25, 0.3) is 10.8 Å². The number of carbonyl (C=O) groups excluding carboxylic acids is 1. The molecule has 29 heavy (non-hydrogen) atoms. The van der Waals surface area contributed by atoms with Crippen molar-refractivity contribution in [3.05, 3.63) is 54.1 Å². The third-order valence-electron chi connectivity index (χ3n) is 6.00. The average molecular weight is 395 g/mol. The number of esters is 1. The first-order chi connectivity index (χ1) is 13.7. The monoisotopic (exact) mass is 394 g/mol. The van der Waals surface area contributed by atoms with E-state index in [0.29, 0.717) is 5.92 Å². The van der Waals surface area contributed by atoms with Crippen LogP contribution in [0.4, 0.5) is 0 Å². The molecule has 2 aromatic rings. The number of hydrogen-bond donors (Lipinski definition) is 0. The van der Waals surface area contributed by atoms with Crippen molar-refractivity contribution in [2.75, 3.05) is 7.11 Å². The zero-order valence-electron chi connectivity index (χ0n) is 17.8. The lowest BCUT2D eigenvalue weighted by atomic mass is 9.97. The maximum absolute atomic E-state index is 12.9. The number of benzene rings is 2. The minimum absolute atomic E-state index is 0.1000. The highest BCUT2D eigenvalue weighted by Gasteiger charge is 2.49. The molecule has 2 aliphatic carbocycles. The molecule has 4 nitrogen and oxygen atoms in total. The van der Waals surface area contributed by atoms with Crippen LogP contribution in [0.5, 0.6) is 5.75 Å². The molecule has 1 fully saturated rings. The van der Waals surface area contributed by atoms with E-state index in [4.69, 9.17) is 14.2 Å². The van der Waals surface area contributed by atoms with Crippen LogP contribution >= 0.6 is 0 Å². The van der Waals surface area contributed by atoms with Gasteiger partial charge in [0.15, 0.2) is 0 Å². The summed E-state index contributed by atoms with van der Waals surface area (Å²) < 4.78 is 17.5. The van der Waals surface area contributed by atoms with Crippen LogP contribution in [-0.4, -0.2) is 30.9 Å². The van der Waals surface area contributed by atoms with Crippen molar-refractivity contribution in [2.45, 2.75) is 57.8 Å². The van der Waals surface area contributed by atoms with Crippen LogP contribution in [0.1, 0.15) is 45.6 Å². The Kier molecular flexibility index (Phi) is 5.16. The summed E-state index contributed by atoms with van der Waals surface area (Å²) in [5.74, 6) is 0.835. The Morgan fingerprint density at radius 1 is 1.07 bits per heavy atom.